The summed E-state index contributed by atoms with van der Waals surface area (Å²) in [6.07, 6.45) is 0. The van der Waals surface area contributed by atoms with E-state index in [1.54, 1.807) is 30.3 Å². The van der Waals surface area contributed by atoms with E-state index < -0.39 is 18.5 Å². The van der Waals surface area contributed by atoms with Crippen molar-refractivity contribution in [2.75, 3.05) is 31.9 Å². The fourth-order valence-corrected chi connectivity index (χ4v) is 1.94. The number of hydrogen-bond acceptors (Lipinski definition) is 6. The van der Waals surface area contributed by atoms with Gasteiger partial charge in [-0.2, -0.15) is 0 Å². The Morgan fingerprint density at radius 2 is 1.67 bits per heavy atom. The van der Waals surface area contributed by atoms with Crippen LogP contribution in [0.25, 0.3) is 0 Å². The molecular formula is C17H18N2O5. The van der Waals surface area contributed by atoms with Crippen molar-refractivity contribution in [2.24, 2.45) is 0 Å². The van der Waals surface area contributed by atoms with Gasteiger partial charge in [0.1, 0.15) is 0 Å². The molecule has 0 aliphatic heterocycles. The van der Waals surface area contributed by atoms with Crippen LogP contribution in [0.4, 0.5) is 11.4 Å². The van der Waals surface area contributed by atoms with E-state index in [4.69, 9.17) is 19.9 Å². The zero-order valence-electron chi connectivity index (χ0n) is 13.4. The van der Waals surface area contributed by atoms with E-state index in [-0.39, 0.29) is 0 Å². The first-order valence-corrected chi connectivity index (χ1v) is 7.08. The highest BCUT2D eigenvalue weighted by Gasteiger charge is 2.11. The molecule has 0 aromatic heterocycles. The van der Waals surface area contributed by atoms with Crippen LogP contribution in [0, 0.1) is 0 Å². The maximum atomic E-state index is 11.9. The van der Waals surface area contributed by atoms with E-state index in [0.717, 1.165) is 0 Å². The lowest BCUT2D eigenvalue weighted by Crippen LogP contribution is -2.21. The highest BCUT2D eigenvalue weighted by molar-refractivity contribution is 5.95. The summed E-state index contributed by atoms with van der Waals surface area (Å²) in [6, 6.07) is 11.2. The highest BCUT2D eigenvalue weighted by Crippen LogP contribution is 2.29. The average Bonchev–Trinajstić information content (AvgIpc) is 2.60. The van der Waals surface area contributed by atoms with Gasteiger partial charge >= 0.3 is 5.97 Å². The molecule has 0 heterocycles. The van der Waals surface area contributed by atoms with Gasteiger partial charge in [0.25, 0.3) is 5.91 Å². The molecule has 0 fully saturated rings. The Hall–Kier alpha value is -3.22. The quantitative estimate of drug-likeness (QED) is 0.621. The summed E-state index contributed by atoms with van der Waals surface area (Å²) in [5.74, 6) is -0.0390. The van der Waals surface area contributed by atoms with Crippen LogP contribution >= 0.6 is 0 Å². The van der Waals surface area contributed by atoms with Gasteiger partial charge in [-0.25, -0.2) is 4.79 Å². The molecule has 0 radical (unpaired) electrons. The van der Waals surface area contributed by atoms with Crippen LogP contribution in [0.2, 0.25) is 0 Å². The van der Waals surface area contributed by atoms with Crippen molar-refractivity contribution in [3.8, 4) is 11.5 Å². The molecule has 1 amide bonds. The molecule has 0 atom stereocenters. The highest BCUT2D eigenvalue weighted by atomic mass is 16.5. The monoisotopic (exact) mass is 330 g/mol. The number of anilines is 2. The first-order valence-electron chi connectivity index (χ1n) is 7.08. The Bertz CT molecular complexity index is 728. The van der Waals surface area contributed by atoms with Crippen LogP contribution in [-0.2, 0) is 9.53 Å². The van der Waals surface area contributed by atoms with E-state index in [1.165, 1.54) is 26.4 Å². The molecule has 0 unspecified atom stereocenters. The summed E-state index contributed by atoms with van der Waals surface area (Å²) in [6.45, 7) is -0.405. The number of benzene rings is 2. The van der Waals surface area contributed by atoms with E-state index >= 15 is 0 Å². The Morgan fingerprint density at radius 3 is 2.29 bits per heavy atom. The standard InChI is InChI=1S/C17H18N2O5/c1-22-14-8-7-13(9-15(14)23-2)19-16(20)10-24-17(21)11-3-5-12(18)6-4-11/h3-9H,10,18H2,1-2H3,(H,19,20). The predicted molar refractivity (Wildman–Crippen MR) is 89.3 cm³/mol. The predicted octanol–water partition coefficient (Wildman–Crippen LogP) is 2.08. The van der Waals surface area contributed by atoms with Crippen molar-refractivity contribution in [3.05, 3.63) is 48.0 Å². The Labute approximate surface area is 139 Å². The molecule has 0 saturated carbocycles. The third kappa shape index (κ3) is 4.39. The molecule has 24 heavy (non-hydrogen) atoms. The summed E-state index contributed by atoms with van der Waals surface area (Å²) in [4.78, 5) is 23.7. The maximum absolute atomic E-state index is 11.9. The Kier molecular flexibility index (Phi) is 5.62. The lowest BCUT2D eigenvalue weighted by Gasteiger charge is -2.11. The van der Waals surface area contributed by atoms with Crippen molar-refractivity contribution < 1.29 is 23.8 Å². The first-order chi connectivity index (χ1) is 11.5. The molecule has 3 N–H and O–H groups in total. The van der Waals surface area contributed by atoms with Gasteiger partial charge < -0.3 is 25.3 Å². The molecule has 0 spiro atoms. The molecular weight excluding hydrogens is 312 g/mol. The summed E-state index contributed by atoms with van der Waals surface area (Å²) in [7, 11) is 3.02. The van der Waals surface area contributed by atoms with Gasteiger partial charge in [-0.3, -0.25) is 4.79 Å². The van der Waals surface area contributed by atoms with Gasteiger partial charge in [0.2, 0.25) is 0 Å². The van der Waals surface area contributed by atoms with Gasteiger partial charge in [0.15, 0.2) is 18.1 Å². The molecule has 7 heteroatoms. The van der Waals surface area contributed by atoms with E-state index in [9.17, 15) is 9.59 Å². The lowest BCUT2D eigenvalue weighted by atomic mass is 10.2. The smallest absolute Gasteiger partial charge is 0.338 e. The van der Waals surface area contributed by atoms with E-state index in [1.807, 2.05) is 0 Å². The van der Waals surface area contributed by atoms with Crippen LogP contribution in [0.3, 0.4) is 0 Å². The SMILES string of the molecule is COc1ccc(NC(=O)COC(=O)c2ccc(N)cc2)cc1OC. The van der Waals surface area contributed by atoms with Crippen molar-refractivity contribution in [3.63, 3.8) is 0 Å². The van der Waals surface area contributed by atoms with Crippen LogP contribution in [-0.4, -0.2) is 32.7 Å². The normalized spacial score (nSPS) is 9.92. The second kappa shape index (κ2) is 7.87. The van der Waals surface area contributed by atoms with Gasteiger partial charge in [-0.1, -0.05) is 0 Å². The number of esters is 1. The number of carbonyl (C=O) groups excluding carboxylic acids is 2. The number of amides is 1. The third-order valence-corrected chi connectivity index (χ3v) is 3.15. The van der Waals surface area contributed by atoms with E-state index in [0.29, 0.717) is 28.4 Å². The second-order valence-corrected chi connectivity index (χ2v) is 4.82. The number of nitrogens with one attached hydrogen (secondary N) is 1. The Morgan fingerprint density at radius 1 is 1.00 bits per heavy atom. The van der Waals surface area contributed by atoms with E-state index in [2.05, 4.69) is 5.32 Å². The molecule has 2 aromatic rings. The van der Waals surface area contributed by atoms with Gasteiger partial charge in [-0.15, -0.1) is 0 Å². The zero-order chi connectivity index (χ0) is 17.5. The minimum absolute atomic E-state index is 0.322. The molecule has 126 valence electrons. The van der Waals surface area contributed by atoms with Crippen molar-refractivity contribution in [1.29, 1.82) is 0 Å². The lowest BCUT2D eigenvalue weighted by molar-refractivity contribution is -0.119. The molecule has 0 aliphatic carbocycles. The minimum atomic E-state index is -0.600. The summed E-state index contributed by atoms with van der Waals surface area (Å²) >= 11 is 0. The number of methoxy groups -OCH3 is 2. The van der Waals surface area contributed by atoms with Crippen molar-refractivity contribution in [2.45, 2.75) is 0 Å². The second-order valence-electron chi connectivity index (χ2n) is 4.82. The van der Waals surface area contributed by atoms with Gasteiger partial charge in [0.05, 0.1) is 19.8 Å². The van der Waals surface area contributed by atoms with Crippen molar-refractivity contribution in [1.82, 2.24) is 0 Å². The number of nitrogen functional groups attached to an aromatic ring is 1. The third-order valence-electron chi connectivity index (χ3n) is 3.15. The van der Waals surface area contributed by atoms with Crippen LogP contribution < -0.4 is 20.5 Å². The molecule has 0 saturated heterocycles. The average molecular weight is 330 g/mol. The fourth-order valence-electron chi connectivity index (χ4n) is 1.94. The minimum Gasteiger partial charge on any atom is -0.493 e. The summed E-state index contributed by atoms with van der Waals surface area (Å²) < 4.78 is 15.2. The molecule has 2 rings (SSSR count). The number of hydrogen-bond donors (Lipinski definition) is 2. The molecule has 0 aliphatic rings. The summed E-state index contributed by atoms with van der Waals surface area (Å²) in [5, 5.41) is 2.61. The largest absolute Gasteiger partial charge is 0.493 e. The van der Waals surface area contributed by atoms with Crippen LogP contribution in [0.15, 0.2) is 42.5 Å². The van der Waals surface area contributed by atoms with Crippen molar-refractivity contribution >= 4 is 23.3 Å². The summed E-state index contributed by atoms with van der Waals surface area (Å²) in [5.41, 5.74) is 6.91. The fraction of sp³-hybridized carbons (Fsp3) is 0.176. The molecule has 7 nitrogen and oxygen atoms in total. The number of nitrogens with two attached hydrogens (primary N) is 1. The van der Waals surface area contributed by atoms with Gasteiger partial charge in [-0.05, 0) is 36.4 Å². The number of rotatable bonds is 6. The van der Waals surface area contributed by atoms with Crippen LogP contribution in [0.1, 0.15) is 10.4 Å². The number of ether oxygens (including phenoxy) is 3. The van der Waals surface area contributed by atoms with Gasteiger partial charge in [0, 0.05) is 17.4 Å². The van der Waals surface area contributed by atoms with Crippen LogP contribution in [0.5, 0.6) is 11.5 Å². The number of carbonyl (C=O) groups is 2. The molecule has 0 bridgehead atoms. The Balaban J connectivity index is 1.91. The first kappa shape index (κ1) is 17.1. The molecule has 2 aromatic carbocycles. The topological polar surface area (TPSA) is 99.9 Å². The zero-order valence-corrected chi connectivity index (χ0v) is 13.4. The maximum Gasteiger partial charge on any atom is 0.338 e.